The van der Waals surface area contributed by atoms with Gasteiger partial charge in [0.15, 0.2) is 0 Å². The first kappa shape index (κ1) is 17.5. The van der Waals surface area contributed by atoms with Gasteiger partial charge >= 0.3 is 0 Å². The number of nitrogens with zero attached hydrogens (tertiary/aromatic N) is 2. The molecule has 0 saturated carbocycles. The standard InChI is InChI=1S/C22H23N3O2/c1-14(2)20(15-7-4-3-5-8-15)24-21(26)16-10-11-17-18(13-16)23-19-9-6-12-25(19)22(17)27/h3-5,7-8,10-11,13-14,20H,6,9,12H2,1-2H3,(H,24,26)/t20-/m0/s1. The highest BCUT2D eigenvalue weighted by molar-refractivity contribution is 5.97. The number of amides is 1. The number of aromatic nitrogens is 2. The number of fused-ring (bicyclic) bond motifs is 2. The molecule has 1 aliphatic heterocycles. The highest BCUT2D eigenvalue weighted by Crippen LogP contribution is 2.22. The lowest BCUT2D eigenvalue weighted by Crippen LogP contribution is -2.31. The minimum Gasteiger partial charge on any atom is -0.345 e. The molecule has 1 amide bonds. The van der Waals surface area contributed by atoms with Crippen LogP contribution in [-0.4, -0.2) is 15.5 Å². The third-order valence-electron chi connectivity index (χ3n) is 5.19. The molecule has 1 aromatic heterocycles. The summed E-state index contributed by atoms with van der Waals surface area (Å²) in [5.41, 5.74) is 2.19. The van der Waals surface area contributed by atoms with E-state index in [-0.39, 0.29) is 23.4 Å². The fourth-order valence-corrected chi connectivity index (χ4v) is 3.74. The summed E-state index contributed by atoms with van der Waals surface area (Å²) in [7, 11) is 0. The minimum atomic E-state index is -0.151. The van der Waals surface area contributed by atoms with E-state index in [2.05, 4.69) is 24.1 Å². The van der Waals surface area contributed by atoms with Crippen LogP contribution < -0.4 is 10.9 Å². The number of benzene rings is 2. The maximum absolute atomic E-state index is 12.9. The number of rotatable bonds is 4. The van der Waals surface area contributed by atoms with Crippen LogP contribution in [0.4, 0.5) is 0 Å². The first-order chi connectivity index (χ1) is 13.0. The van der Waals surface area contributed by atoms with Gasteiger partial charge in [-0.2, -0.15) is 0 Å². The fourth-order valence-electron chi connectivity index (χ4n) is 3.74. The van der Waals surface area contributed by atoms with Crippen LogP contribution in [0.2, 0.25) is 0 Å². The number of carbonyl (C=O) groups excluding carboxylic acids is 1. The van der Waals surface area contributed by atoms with Crippen LogP contribution in [-0.2, 0) is 13.0 Å². The average molecular weight is 361 g/mol. The van der Waals surface area contributed by atoms with Crippen molar-refractivity contribution in [2.45, 2.75) is 39.3 Å². The third-order valence-corrected chi connectivity index (χ3v) is 5.19. The van der Waals surface area contributed by atoms with Crippen molar-refractivity contribution in [3.05, 3.63) is 75.8 Å². The molecule has 0 spiro atoms. The van der Waals surface area contributed by atoms with Crippen LogP contribution in [0.1, 0.15) is 48.1 Å². The van der Waals surface area contributed by atoms with E-state index in [9.17, 15) is 9.59 Å². The molecule has 27 heavy (non-hydrogen) atoms. The predicted molar refractivity (Wildman–Crippen MR) is 106 cm³/mol. The Kier molecular flexibility index (Phi) is 4.52. The van der Waals surface area contributed by atoms with Gasteiger partial charge in [-0.1, -0.05) is 44.2 Å². The van der Waals surface area contributed by atoms with Gasteiger partial charge in [-0.15, -0.1) is 0 Å². The summed E-state index contributed by atoms with van der Waals surface area (Å²) in [4.78, 5) is 30.1. The van der Waals surface area contributed by atoms with Crippen molar-refractivity contribution in [3.63, 3.8) is 0 Å². The van der Waals surface area contributed by atoms with Gasteiger partial charge in [0.1, 0.15) is 5.82 Å². The summed E-state index contributed by atoms with van der Waals surface area (Å²) in [5, 5.41) is 3.70. The Bertz CT molecular complexity index is 1050. The quantitative estimate of drug-likeness (QED) is 0.774. The van der Waals surface area contributed by atoms with Gasteiger partial charge in [0, 0.05) is 18.5 Å². The number of hydrogen-bond acceptors (Lipinski definition) is 3. The molecule has 2 aromatic carbocycles. The Morgan fingerprint density at radius 2 is 1.93 bits per heavy atom. The molecule has 0 fully saturated rings. The molecule has 1 aliphatic rings. The molecule has 1 atom stereocenters. The van der Waals surface area contributed by atoms with Crippen molar-refractivity contribution in [1.29, 1.82) is 0 Å². The minimum absolute atomic E-state index is 0.0104. The molecule has 4 rings (SSSR count). The Balaban J connectivity index is 1.66. The summed E-state index contributed by atoms with van der Waals surface area (Å²) in [6.07, 6.45) is 1.75. The summed E-state index contributed by atoms with van der Waals surface area (Å²) in [6, 6.07) is 15.1. The molecule has 2 heterocycles. The topological polar surface area (TPSA) is 64.0 Å². The summed E-state index contributed by atoms with van der Waals surface area (Å²) in [5.74, 6) is 0.916. The molecule has 0 saturated heterocycles. The average Bonchev–Trinajstić information content (AvgIpc) is 3.15. The molecule has 0 bridgehead atoms. The van der Waals surface area contributed by atoms with Crippen molar-refractivity contribution < 1.29 is 4.79 Å². The maximum Gasteiger partial charge on any atom is 0.261 e. The second-order valence-electron chi connectivity index (χ2n) is 7.43. The monoisotopic (exact) mass is 361 g/mol. The molecule has 1 N–H and O–H groups in total. The van der Waals surface area contributed by atoms with Gasteiger partial charge < -0.3 is 5.32 Å². The zero-order chi connectivity index (χ0) is 19.0. The number of hydrogen-bond donors (Lipinski definition) is 1. The summed E-state index contributed by atoms with van der Waals surface area (Å²) < 4.78 is 1.74. The SMILES string of the molecule is CC(C)[C@H](NC(=O)c1ccc2c(=O)n3c(nc2c1)CCC3)c1ccccc1. The maximum atomic E-state index is 12.9. The Hall–Kier alpha value is -2.95. The molecule has 0 radical (unpaired) electrons. The lowest BCUT2D eigenvalue weighted by atomic mass is 9.95. The van der Waals surface area contributed by atoms with E-state index in [1.807, 2.05) is 30.3 Å². The van der Waals surface area contributed by atoms with Crippen molar-refractivity contribution in [3.8, 4) is 0 Å². The van der Waals surface area contributed by atoms with Crippen LogP contribution >= 0.6 is 0 Å². The molecular weight excluding hydrogens is 338 g/mol. The van der Waals surface area contributed by atoms with E-state index < -0.39 is 0 Å². The normalized spacial score (nSPS) is 14.3. The zero-order valence-corrected chi connectivity index (χ0v) is 15.6. The Morgan fingerprint density at radius 1 is 1.15 bits per heavy atom. The Labute approximate surface area is 158 Å². The summed E-state index contributed by atoms with van der Waals surface area (Å²) in [6.45, 7) is 4.90. The van der Waals surface area contributed by atoms with Gasteiger partial charge in [-0.05, 0) is 36.1 Å². The molecule has 138 valence electrons. The van der Waals surface area contributed by atoms with Crippen LogP contribution in [0.3, 0.4) is 0 Å². The second kappa shape index (κ2) is 6.99. The largest absolute Gasteiger partial charge is 0.345 e. The Morgan fingerprint density at radius 3 is 2.67 bits per heavy atom. The lowest BCUT2D eigenvalue weighted by molar-refractivity contribution is 0.0925. The van der Waals surface area contributed by atoms with Gasteiger partial charge in [0.2, 0.25) is 0 Å². The van der Waals surface area contributed by atoms with E-state index in [0.717, 1.165) is 30.8 Å². The van der Waals surface area contributed by atoms with Crippen molar-refractivity contribution >= 4 is 16.8 Å². The third kappa shape index (κ3) is 3.25. The van der Waals surface area contributed by atoms with Crippen LogP contribution in [0.15, 0.2) is 53.3 Å². The number of carbonyl (C=O) groups is 1. The second-order valence-corrected chi connectivity index (χ2v) is 7.43. The summed E-state index contributed by atoms with van der Waals surface area (Å²) >= 11 is 0. The fraction of sp³-hybridized carbons (Fsp3) is 0.318. The van der Waals surface area contributed by atoms with E-state index in [0.29, 0.717) is 16.5 Å². The predicted octanol–water partition coefficient (Wildman–Crippen LogP) is 3.47. The van der Waals surface area contributed by atoms with E-state index >= 15 is 0 Å². The van der Waals surface area contributed by atoms with Crippen LogP contribution in [0, 0.1) is 5.92 Å². The van der Waals surface area contributed by atoms with Crippen LogP contribution in [0.25, 0.3) is 10.9 Å². The lowest BCUT2D eigenvalue weighted by Gasteiger charge is -2.23. The van der Waals surface area contributed by atoms with E-state index in [4.69, 9.17) is 0 Å². The van der Waals surface area contributed by atoms with Crippen molar-refractivity contribution in [1.82, 2.24) is 14.9 Å². The van der Waals surface area contributed by atoms with E-state index in [1.165, 1.54) is 0 Å². The number of nitrogens with one attached hydrogen (secondary N) is 1. The molecule has 0 aliphatic carbocycles. The molecule has 5 heteroatoms. The van der Waals surface area contributed by atoms with Crippen molar-refractivity contribution in [2.75, 3.05) is 0 Å². The highest BCUT2D eigenvalue weighted by Gasteiger charge is 2.20. The van der Waals surface area contributed by atoms with Crippen molar-refractivity contribution in [2.24, 2.45) is 5.92 Å². The van der Waals surface area contributed by atoms with Crippen LogP contribution in [0.5, 0.6) is 0 Å². The zero-order valence-electron chi connectivity index (χ0n) is 15.6. The first-order valence-corrected chi connectivity index (χ1v) is 9.44. The molecule has 5 nitrogen and oxygen atoms in total. The van der Waals surface area contributed by atoms with E-state index in [1.54, 1.807) is 22.8 Å². The number of aryl methyl sites for hydroxylation is 1. The van der Waals surface area contributed by atoms with Gasteiger partial charge in [0.25, 0.3) is 11.5 Å². The van der Waals surface area contributed by atoms with Gasteiger partial charge in [0.05, 0.1) is 16.9 Å². The molecule has 0 unspecified atom stereocenters. The molecular formula is C22H23N3O2. The first-order valence-electron chi connectivity index (χ1n) is 9.44. The highest BCUT2D eigenvalue weighted by atomic mass is 16.1. The smallest absolute Gasteiger partial charge is 0.261 e. The molecule has 3 aromatic rings. The van der Waals surface area contributed by atoms with Gasteiger partial charge in [-0.25, -0.2) is 4.98 Å². The van der Waals surface area contributed by atoms with Gasteiger partial charge in [-0.3, -0.25) is 14.2 Å².